The molecule has 0 atom stereocenters. The standard InChI is InChI=1S/C24H19FN2O3S/c1-31(29,30)23-16-22(27-24(28)8-5-13-26-27)19(14-17-6-3-2-4-7-17)15-21(23)18-9-11-20(25)12-10-18/h2-13,15-16H,14H2,1H3. The van der Waals surface area contributed by atoms with Gasteiger partial charge in [-0.25, -0.2) is 12.8 Å². The second-order valence-electron chi connectivity index (χ2n) is 7.19. The van der Waals surface area contributed by atoms with Gasteiger partial charge in [-0.15, -0.1) is 0 Å². The molecule has 0 unspecified atom stereocenters. The molecule has 0 saturated heterocycles. The number of sulfone groups is 1. The molecular formula is C24H19FN2O3S. The maximum atomic E-state index is 13.5. The van der Waals surface area contributed by atoms with Crippen molar-refractivity contribution in [3.8, 4) is 16.8 Å². The zero-order chi connectivity index (χ0) is 22.0. The van der Waals surface area contributed by atoms with E-state index >= 15 is 0 Å². The fourth-order valence-electron chi connectivity index (χ4n) is 3.47. The summed E-state index contributed by atoms with van der Waals surface area (Å²) in [6.07, 6.45) is 3.04. The first-order chi connectivity index (χ1) is 14.8. The minimum atomic E-state index is -3.66. The van der Waals surface area contributed by atoms with E-state index in [0.29, 0.717) is 23.2 Å². The Labute approximate surface area is 179 Å². The molecule has 5 nitrogen and oxygen atoms in total. The molecule has 0 radical (unpaired) electrons. The maximum Gasteiger partial charge on any atom is 0.271 e. The van der Waals surface area contributed by atoms with Crippen LogP contribution in [-0.2, 0) is 16.3 Å². The number of hydrogen-bond acceptors (Lipinski definition) is 4. The van der Waals surface area contributed by atoms with Crippen LogP contribution in [0, 0.1) is 5.82 Å². The van der Waals surface area contributed by atoms with Gasteiger partial charge in [-0.3, -0.25) is 4.79 Å². The summed E-state index contributed by atoms with van der Waals surface area (Å²) in [7, 11) is -3.66. The number of benzene rings is 3. The van der Waals surface area contributed by atoms with Crippen molar-refractivity contribution in [1.82, 2.24) is 9.78 Å². The van der Waals surface area contributed by atoms with Crippen molar-refractivity contribution in [3.63, 3.8) is 0 Å². The van der Waals surface area contributed by atoms with Crippen LogP contribution in [0.2, 0.25) is 0 Å². The molecule has 3 aromatic carbocycles. The highest BCUT2D eigenvalue weighted by Crippen LogP contribution is 2.33. The normalized spacial score (nSPS) is 11.4. The molecule has 0 N–H and O–H groups in total. The van der Waals surface area contributed by atoms with Crippen LogP contribution in [0.3, 0.4) is 0 Å². The summed E-state index contributed by atoms with van der Waals surface area (Å²) in [5, 5.41) is 4.15. The van der Waals surface area contributed by atoms with Gasteiger partial charge >= 0.3 is 0 Å². The van der Waals surface area contributed by atoms with Gasteiger partial charge in [0.15, 0.2) is 9.84 Å². The first kappa shape index (κ1) is 20.7. The van der Waals surface area contributed by atoms with Crippen LogP contribution < -0.4 is 5.56 Å². The van der Waals surface area contributed by atoms with Crippen molar-refractivity contribution in [1.29, 1.82) is 0 Å². The van der Waals surface area contributed by atoms with Crippen LogP contribution >= 0.6 is 0 Å². The molecule has 4 aromatic rings. The summed E-state index contributed by atoms with van der Waals surface area (Å²) in [4.78, 5) is 12.5. The summed E-state index contributed by atoms with van der Waals surface area (Å²) in [6.45, 7) is 0. The Balaban J connectivity index is 2.02. The van der Waals surface area contributed by atoms with Gasteiger partial charge in [-0.2, -0.15) is 9.78 Å². The Bertz CT molecular complexity index is 1400. The van der Waals surface area contributed by atoms with Crippen LogP contribution in [0.5, 0.6) is 0 Å². The van der Waals surface area contributed by atoms with E-state index in [1.165, 1.54) is 53.3 Å². The van der Waals surface area contributed by atoms with E-state index in [0.717, 1.165) is 17.4 Å². The maximum absolute atomic E-state index is 13.5. The van der Waals surface area contributed by atoms with Gasteiger partial charge in [-0.1, -0.05) is 42.5 Å². The molecule has 0 saturated carbocycles. The second-order valence-corrected chi connectivity index (χ2v) is 9.18. The summed E-state index contributed by atoms with van der Waals surface area (Å²) in [5.74, 6) is -0.411. The molecule has 0 spiro atoms. The lowest BCUT2D eigenvalue weighted by atomic mass is 9.97. The van der Waals surface area contributed by atoms with Crippen LogP contribution in [0.1, 0.15) is 11.1 Å². The summed E-state index contributed by atoms with van der Waals surface area (Å²) >= 11 is 0. The van der Waals surface area contributed by atoms with Gasteiger partial charge in [0.25, 0.3) is 5.56 Å². The van der Waals surface area contributed by atoms with E-state index in [-0.39, 0.29) is 10.5 Å². The number of halogens is 1. The molecule has 0 aliphatic carbocycles. The number of rotatable bonds is 5. The zero-order valence-electron chi connectivity index (χ0n) is 16.7. The highest BCUT2D eigenvalue weighted by atomic mass is 32.2. The van der Waals surface area contributed by atoms with E-state index in [4.69, 9.17) is 0 Å². The highest BCUT2D eigenvalue weighted by molar-refractivity contribution is 7.90. The first-order valence-electron chi connectivity index (χ1n) is 9.54. The first-order valence-corrected chi connectivity index (χ1v) is 11.4. The van der Waals surface area contributed by atoms with Crippen LogP contribution in [0.25, 0.3) is 16.8 Å². The summed E-state index contributed by atoms with van der Waals surface area (Å²) in [6, 6.07) is 21.4. The number of nitrogens with zero attached hydrogens (tertiary/aromatic N) is 2. The van der Waals surface area contributed by atoms with Gasteiger partial charge in [0.05, 0.1) is 10.6 Å². The molecular weight excluding hydrogens is 415 g/mol. The molecule has 7 heteroatoms. The van der Waals surface area contributed by atoms with Crippen molar-refractivity contribution in [2.45, 2.75) is 11.3 Å². The van der Waals surface area contributed by atoms with E-state index < -0.39 is 15.7 Å². The smallest absolute Gasteiger partial charge is 0.267 e. The zero-order valence-corrected chi connectivity index (χ0v) is 17.5. The Morgan fingerprint density at radius 2 is 1.65 bits per heavy atom. The van der Waals surface area contributed by atoms with E-state index in [1.807, 2.05) is 30.3 Å². The second kappa shape index (κ2) is 8.28. The Morgan fingerprint density at radius 3 is 2.29 bits per heavy atom. The van der Waals surface area contributed by atoms with E-state index in [9.17, 15) is 17.6 Å². The number of aromatic nitrogens is 2. The fraction of sp³-hybridized carbons (Fsp3) is 0.0833. The van der Waals surface area contributed by atoms with Gasteiger partial charge < -0.3 is 0 Å². The predicted octanol–water partition coefficient (Wildman–Crippen LogP) is 4.03. The van der Waals surface area contributed by atoms with Crippen molar-refractivity contribution >= 4 is 9.84 Å². The van der Waals surface area contributed by atoms with Crippen molar-refractivity contribution < 1.29 is 12.8 Å². The molecule has 1 aromatic heterocycles. The molecule has 0 aliphatic rings. The van der Waals surface area contributed by atoms with Crippen molar-refractivity contribution in [2.24, 2.45) is 0 Å². The Morgan fingerprint density at radius 1 is 0.935 bits per heavy atom. The third kappa shape index (κ3) is 4.46. The molecule has 1 heterocycles. The lowest BCUT2D eigenvalue weighted by Gasteiger charge is -2.17. The van der Waals surface area contributed by atoms with E-state index in [2.05, 4.69) is 5.10 Å². The average Bonchev–Trinajstić information content (AvgIpc) is 2.75. The summed E-state index contributed by atoms with van der Waals surface area (Å²) in [5.41, 5.74) is 2.74. The SMILES string of the molecule is CS(=O)(=O)c1cc(-n2ncccc2=O)c(Cc2ccccc2)cc1-c1ccc(F)cc1. The average molecular weight is 434 g/mol. The van der Waals surface area contributed by atoms with Gasteiger partial charge in [-0.05, 0) is 53.4 Å². The highest BCUT2D eigenvalue weighted by Gasteiger charge is 2.20. The Kier molecular flexibility index (Phi) is 5.52. The molecule has 4 rings (SSSR count). The van der Waals surface area contributed by atoms with Crippen LogP contribution in [-0.4, -0.2) is 24.5 Å². The molecule has 0 bridgehead atoms. The molecule has 31 heavy (non-hydrogen) atoms. The quantitative estimate of drug-likeness (QED) is 0.476. The third-order valence-electron chi connectivity index (χ3n) is 4.92. The summed E-state index contributed by atoms with van der Waals surface area (Å²) < 4.78 is 40.0. The largest absolute Gasteiger partial charge is 0.271 e. The van der Waals surface area contributed by atoms with Crippen LogP contribution in [0.15, 0.2) is 94.7 Å². The monoisotopic (exact) mass is 434 g/mol. The minimum absolute atomic E-state index is 0.0449. The molecule has 0 amide bonds. The van der Waals surface area contributed by atoms with Crippen molar-refractivity contribution in [3.05, 3.63) is 112 Å². The lowest BCUT2D eigenvalue weighted by molar-refractivity contribution is 0.602. The molecule has 156 valence electrons. The molecule has 0 fully saturated rings. The lowest BCUT2D eigenvalue weighted by Crippen LogP contribution is -2.21. The van der Waals surface area contributed by atoms with Gasteiger partial charge in [0, 0.05) is 24.1 Å². The topological polar surface area (TPSA) is 69.0 Å². The van der Waals surface area contributed by atoms with Gasteiger partial charge in [0.2, 0.25) is 0 Å². The van der Waals surface area contributed by atoms with Crippen molar-refractivity contribution in [2.75, 3.05) is 6.26 Å². The fourth-order valence-corrected chi connectivity index (χ4v) is 4.37. The van der Waals surface area contributed by atoms with Crippen LogP contribution in [0.4, 0.5) is 4.39 Å². The number of hydrogen-bond donors (Lipinski definition) is 0. The minimum Gasteiger partial charge on any atom is -0.267 e. The predicted molar refractivity (Wildman–Crippen MR) is 118 cm³/mol. The van der Waals surface area contributed by atoms with E-state index in [1.54, 1.807) is 6.07 Å². The third-order valence-corrected chi connectivity index (χ3v) is 6.05. The Hall–Kier alpha value is -3.58. The molecule has 0 aliphatic heterocycles. The van der Waals surface area contributed by atoms with Gasteiger partial charge in [0.1, 0.15) is 5.82 Å².